The molecule has 202 valence electrons. The molecular formula is C25H28F2N6O4S. The molecule has 2 N–H and O–H groups in total. The number of nitrogens with zero attached hydrogens (tertiary/aromatic N) is 4. The second kappa shape index (κ2) is 11.0. The van der Waals surface area contributed by atoms with Crippen molar-refractivity contribution < 1.29 is 21.9 Å². The van der Waals surface area contributed by atoms with E-state index < -0.39 is 33.0 Å². The standard InChI is InChI=1S/C25H28F2N6O4S/c1-3-32(2)38(35,36)31-22-7-5-20(26)23(19(22)15-28)37-17-4-6-21-18(14-17)24(34)33(16-30-21)13-10-25(27)8-11-29-12-9-25/h4-7,14,16,29,31H,3,8-13H2,1-2H3. The van der Waals surface area contributed by atoms with Crippen molar-refractivity contribution in [1.82, 2.24) is 19.2 Å². The number of fused-ring (bicyclic) bond motifs is 1. The first-order chi connectivity index (χ1) is 18.1. The lowest BCUT2D eigenvalue weighted by molar-refractivity contribution is 0.0986. The Morgan fingerprint density at radius 2 is 2.03 bits per heavy atom. The number of aryl methyl sites for hydroxylation is 1. The van der Waals surface area contributed by atoms with Gasteiger partial charge in [0.25, 0.3) is 5.56 Å². The number of alkyl halides is 1. The molecule has 10 nitrogen and oxygen atoms in total. The molecule has 0 spiro atoms. The summed E-state index contributed by atoms with van der Waals surface area (Å²) in [7, 11) is -2.63. The molecule has 38 heavy (non-hydrogen) atoms. The van der Waals surface area contributed by atoms with Crippen LogP contribution in [0.25, 0.3) is 10.9 Å². The van der Waals surface area contributed by atoms with Crippen molar-refractivity contribution in [3.8, 4) is 17.6 Å². The average Bonchev–Trinajstić information content (AvgIpc) is 2.90. The summed E-state index contributed by atoms with van der Waals surface area (Å²) in [6.45, 7) is 3.12. The smallest absolute Gasteiger partial charge is 0.301 e. The van der Waals surface area contributed by atoms with E-state index in [0.29, 0.717) is 31.4 Å². The van der Waals surface area contributed by atoms with Crippen LogP contribution in [-0.4, -0.2) is 54.6 Å². The Kier molecular flexibility index (Phi) is 7.96. The summed E-state index contributed by atoms with van der Waals surface area (Å²) in [5.41, 5.74) is -1.93. The van der Waals surface area contributed by atoms with E-state index in [4.69, 9.17) is 4.74 Å². The maximum atomic E-state index is 15.0. The van der Waals surface area contributed by atoms with Gasteiger partial charge < -0.3 is 10.1 Å². The highest BCUT2D eigenvalue weighted by Crippen LogP contribution is 2.34. The zero-order valence-electron chi connectivity index (χ0n) is 21.0. The van der Waals surface area contributed by atoms with E-state index in [1.807, 2.05) is 0 Å². The van der Waals surface area contributed by atoms with Crippen LogP contribution in [0.15, 0.2) is 41.5 Å². The van der Waals surface area contributed by atoms with Gasteiger partial charge in [-0.1, -0.05) is 6.92 Å². The van der Waals surface area contributed by atoms with Crippen molar-refractivity contribution in [3.05, 3.63) is 58.4 Å². The van der Waals surface area contributed by atoms with Gasteiger partial charge in [-0.05, 0) is 62.7 Å². The van der Waals surface area contributed by atoms with Crippen LogP contribution in [0.4, 0.5) is 14.5 Å². The predicted molar refractivity (Wildman–Crippen MR) is 139 cm³/mol. The number of hydrogen-bond acceptors (Lipinski definition) is 7. The molecular weight excluding hydrogens is 518 g/mol. The summed E-state index contributed by atoms with van der Waals surface area (Å²) in [4.78, 5) is 17.4. The number of hydrogen-bond donors (Lipinski definition) is 2. The third kappa shape index (κ3) is 5.77. The Morgan fingerprint density at radius 1 is 1.29 bits per heavy atom. The van der Waals surface area contributed by atoms with Crippen LogP contribution in [0.5, 0.6) is 11.5 Å². The molecule has 2 aromatic carbocycles. The Morgan fingerprint density at radius 3 is 2.71 bits per heavy atom. The molecule has 1 fully saturated rings. The molecule has 0 radical (unpaired) electrons. The number of benzene rings is 2. The number of nitriles is 1. The van der Waals surface area contributed by atoms with Gasteiger partial charge in [-0.2, -0.15) is 18.0 Å². The molecule has 4 rings (SSSR count). The van der Waals surface area contributed by atoms with Gasteiger partial charge in [-0.15, -0.1) is 0 Å². The lowest BCUT2D eigenvalue weighted by Crippen LogP contribution is -2.39. The first kappa shape index (κ1) is 27.4. The molecule has 13 heteroatoms. The average molecular weight is 547 g/mol. The SMILES string of the molecule is CCN(C)S(=O)(=O)Nc1ccc(F)c(Oc2ccc3ncn(CCC4(F)CCNCC4)c(=O)c3c2)c1C#N. The first-order valence-corrected chi connectivity index (χ1v) is 13.5. The topological polar surface area (TPSA) is 129 Å². The predicted octanol–water partition coefficient (Wildman–Crippen LogP) is 3.29. The molecule has 1 aliphatic heterocycles. The molecule has 0 unspecified atom stereocenters. The summed E-state index contributed by atoms with van der Waals surface area (Å²) in [6, 6.07) is 8.21. The minimum absolute atomic E-state index is 0.0375. The summed E-state index contributed by atoms with van der Waals surface area (Å²) < 4.78 is 64.9. The Bertz CT molecular complexity index is 1550. The van der Waals surface area contributed by atoms with Crippen LogP contribution in [-0.2, 0) is 16.8 Å². The van der Waals surface area contributed by atoms with Gasteiger partial charge in [0.05, 0.1) is 22.9 Å². The van der Waals surface area contributed by atoms with Crippen molar-refractivity contribution in [3.63, 3.8) is 0 Å². The van der Waals surface area contributed by atoms with E-state index in [1.54, 1.807) is 13.0 Å². The van der Waals surface area contributed by atoms with Gasteiger partial charge in [-0.3, -0.25) is 14.1 Å². The fourth-order valence-corrected chi connectivity index (χ4v) is 5.11. The van der Waals surface area contributed by atoms with E-state index in [1.165, 1.54) is 36.1 Å². The monoisotopic (exact) mass is 546 g/mol. The summed E-state index contributed by atoms with van der Waals surface area (Å²) in [5, 5.41) is 13.0. The minimum Gasteiger partial charge on any atom is -0.453 e. The van der Waals surface area contributed by atoms with E-state index in [-0.39, 0.29) is 41.9 Å². The number of nitrogens with one attached hydrogen (secondary N) is 2. The van der Waals surface area contributed by atoms with Crippen molar-refractivity contribution in [1.29, 1.82) is 5.26 Å². The fourth-order valence-electron chi connectivity index (χ4n) is 4.16. The zero-order valence-corrected chi connectivity index (χ0v) is 21.8. The number of piperidine rings is 1. The van der Waals surface area contributed by atoms with Gasteiger partial charge in [0.1, 0.15) is 23.1 Å². The molecule has 0 aliphatic carbocycles. The van der Waals surface area contributed by atoms with Crippen molar-refractivity contribution in [2.45, 2.75) is 38.4 Å². The van der Waals surface area contributed by atoms with Crippen LogP contribution < -0.4 is 20.3 Å². The van der Waals surface area contributed by atoms with E-state index in [9.17, 15) is 22.9 Å². The quantitative estimate of drug-likeness (QED) is 0.421. The highest BCUT2D eigenvalue weighted by Gasteiger charge is 2.31. The van der Waals surface area contributed by atoms with Crippen molar-refractivity contribution in [2.24, 2.45) is 0 Å². The van der Waals surface area contributed by atoms with Gasteiger partial charge in [-0.25, -0.2) is 13.8 Å². The molecule has 0 bridgehead atoms. The Labute approximate surface area is 219 Å². The van der Waals surface area contributed by atoms with Crippen LogP contribution >= 0.6 is 0 Å². The van der Waals surface area contributed by atoms with Crippen molar-refractivity contribution >= 4 is 26.8 Å². The molecule has 0 atom stereocenters. The van der Waals surface area contributed by atoms with Gasteiger partial charge in [0.15, 0.2) is 11.6 Å². The maximum Gasteiger partial charge on any atom is 0.301 e. The second-order valence-corrected chi connectivity index (χ2v) is 10.9. The highest BCUT2D eigenvalue weighted by molar-refractivity contribution is 7.90. The summed E-state index contributed by atoms with van der Waals surface area (Å²) in [5.74, 6) is -1.36. The van der Waals surface area contributed by atoms with E-state index >= 15 is 4.39 Å². The number of ether oxygens (including phenoxy) is 1. The molecule has 0 saturated carbocycles. The number of rotatable bonds is 9. The second-order valence-electron chi connectivity index (χ2n) is 9.11. The first-order valence-electron chi connectivity index (χ1n) is 12.1. The molecule has 1 saturated heterocycles. The van der Waals surface area contributed by atoms with Gasteiger partial charge >= 0.3 is 10.2 Å². The molecule has 3 aromatic rings. The molecule has 1 aliphatic rings. The number of aromatic nitrogens is 2. The lowest BCUT2D eigenvalue weighted by atomic mass is 9.91. The Hall–Kier alpha value is -3.60. The fraction of sp³-hybridized carbons (Fsp3) is 0.400. The van der Waals surface area contributed by atoms with Crippen LogP contribution in [0, 0.1) is 17.1 Å². The number of anilines is 1. The molecule has 1 aromatic heterocycles. The molecule has 0 amide bonds. The Balaban J connectivity index is 1.64. The third-order valence-electron chi connectivity index (χ3n) is 6.63. The zero-order chi connectivity index (χ0) is 27.5. The van der Waals surface area contributed by atoms with Crippen LogP contribution in [0.2, 0.25) is 0 Å². The highest BCUT2D eigenvalue weighted by atomic mass is 32.2. The molecule has 2 heterocycles. The van der Waals surface area contributed by atoms with Crippen LogP contribution in [0.3, 0.4) is 0 Å². The number of halogens is 2. The van der Waals surface area contributed by atoms with Crippen LogP contribution in [0.1, 0.15) is 31.7 Å². The summed E-state index contributed by atoms with van der Waals surface area (Å²) in [6.07, 6.45) is 2.28. The van der Waals surface area contributed by atoms with E-state index in [0.717, 1.165) is 16.4 Å². The lowest BCUT2D eigenvalue weighted by Gasteiger charge is -2.30. The summed E-state index contributed by atoms with van der Waals surface area (Å²) >= 11 is 0. The largest absolute Gasteiger partial charge is 0.453 e. The maximum absolute atomic E-state index is 15.0. The van der Waals surface area contributed by atoms with Gasteiger partial charge in [0.2, 0.25) is 0 Å². The van der Waals surface area contributed by atoms with E-state index in [2.05, 4.69) is 15.0 Å². The van der Waals surface area contributed by atoms with Crippen molar-refractivity contribution in [2.75, 3.05) is 31.4 Å². The van der Waals surface area contributed by atoms with Gasteiger partial charge in [0, 0.05) is 20.1 Å². The normalized spacial score (nSPS) is 15.4. The minimum atomic E-state index is -3.98. The third-order valence-corrected chi connectivity index (χ3v) is 8.19.